The highest BCUT2D eigenvalue weighted by molar-refractivity contribution is 7.91. The van der Waals surface area contributed by atoms with E-state index in [4.69, 9.17) is 16.3 Å². The Morgan fingerprint density at radius 3 is 2.86 bits per heavy atom. The van der Waals surface area contributed by atoms with Crippen LogP contribution in [-0.2, 0) is 16.4 Å². The van der Waals surface area contributed by atoms with Crippen molar-refractivity contribution < 1.29 is 13.2 Å². The Bertz CT molecular complexity index is 742. The molecule has 2 heterocycles. The van der Waals surface area contributed by atoms with E-state index < -0.39 is 10.0 Å². The summed E-state index contributed by atoms with van der Waals surface area (Å²) in [6.45, 7) is 0.872. The summed E-state index contributed by atoms with van der Waals surface area (Å²) < 4.78 is 33.3. The Balaban J connectivity index is 1.64. The van der Waals surface area contributed by atoms with Gasteiger partial charge in [-0.15, -0.1) is 11.3 Å². The first-order chi connectivity index (χ1) is 10.0. The van der Waals surface area contributed by atoms with Gasteiger partial charge >= 0.3 is 0 Å². The molecule has 0 radical (unpaired) electrons. The van der Waals surface area contributed by atoms with Crippen LogP contribution in [0.5, 0.6) is 5.75 Å². The molecular formula is C14H14ClNO3S2. The third-order valence-electron chi connectivity index (χ3n) is 3.33. The van der Waals surface area contributed by atoms with Crippen LogP contribution in [0, 0.1) is 5.92 Å². The highest BCUT2D eigenvalue weighted by Gasteiger charge is 2.23. The van der Waals surface area contributed by atoms with Gasteiger partial charge in [0.25, 0.3) is 0 Å². The third-order valence-corrected chi connectivity index (χ3v) is 6.48. The first-order valence-electron chi connectivity index (χ1n) is 6.50. The summed E-state index contributed by atoms with van der Waals surface area (Å²) in [7, 11) is -3.49. The molecule has 0 aliphatic carbocycles. The summed E-state index contributed by atoms with van der Waals surface area (Å²) >= 11 is 6.83. The van der Waals surface area contributed by atoms with Crippen molar-refractivity contribution in [2.75, 3.05) is 13.2 Å². The number of ether oxygens (including phenoxy) is 1. The molecule has 0 saturated heterocycles. The molecule has 1 unspecified atom stereocenters. The predicted octanol–water partition coefficient (Wildman–Crippen LogP) is 2.93. The number of hydrogen-bond donors (Lipinski definition) is 1. The zero-order chi connectivity index (χ0) is 14.9. The Morgan fingerprint density at radius 1 is 1.29 bits per heavy atom. The van der Waals surface area contributed by atoms with Crippen LogP contribution in [0.1, 0.15) is 5.56 Å². The van der Waals surface area contributed by atoms with E-state index in [0.717, 1.165) is 29.1 Å². The zero-order valence-corrected chi connectivity index (χ0v) is 13.5. The number of rotatable bonds is 4. The fourth-order valence-corrected chi connectivity index (χ4v) is 4.91. The number of benzene rings is 1. The second-order valence-electron chi connectivity index (χ2n) is 4.90. The molecule has 0 bridgehead atoms. The first-order valence-corrected chi connectivity index (χ1v) is 9.18. The SMILES string of the molecule is O=S(=O)(NCC1COc2ccccc2C1)c1ccc(Cl)s1. The lowest BCUT2D eigenvalue weighted by atomic mass is 9.97. The van der Waals surface area contributed by atoms with E-state index in [0.29, 0.717) is 17.5 Å². The van der Waals surface area contributed by atoms with Crippen molar-refractivity contribution >= 4 is 33.0 Å². The van der Waals surface area contributed by atoms with Crippen LogP contribution in [-0.4, -0.2) is 21.6 Å². The fourth-order valence-electron chi connectivity index (χ4n) is 2.26. The molecule has 21 heavy (non-hydrogen) atoms. The minimum absolute atomic E-state index is 0.130. The van der Waals surface area contributed by atoms with Crippen molar-refractivity contribution in [2.45, 2.75) is 10.6 Å². The first kappa shape index (κ1) is 14.8. The van der Waals surface area contributed by atoms with Crippen molar-refractivity contribution in [3.05, 3.63) is 46.3 Å². The van der Waals surface area contributed by atoms with Crippen molar-refractivity contribution in [1.29, 1.82) is 0 Å². The fraction of sp³-hybridized carbons (Fsp3) is 0.286. The Labute approximate surface area is 132 Å². The molecule has 0 fully saturated rings. The van der Waals surface area contributed by atoms with Gasteiger partial charge in [0.1, 0.15) is 9.96 Å². The van der Waals surface area contributed by atoms with Gasteiger partial charge in [0.15, 0.2) is 0 Å². The van der Waals surface area contributed by atoms with Gasteiger partial charge in [0.05, 0.1) is 10.9 Å². The van der Waals surface area contributed by atoms with E-state index in [1.54, 1.807) is 6.07 Å². The third kappa shape index (κ3) is 3.40. The molecule has 1 atom stereocenters. The summed E-state index contributed by atoms with van der Waals surface area (Å²) in [5, 5.41) is 0. The molecule has 2 aromatic rings. The molecule has 0 amide bonds. The lowest BCUT2D eigenvalue weighted by Crippen LogP contribution is -2.34. The number of sulfonamides is 1. The van der Waals surface area contributed by atoms with Gasteiger partial charge in [-0.25, -0.2) is 13.1 Å². The van der Waals surface area contributed by atoms with Crippen molar-refractivity contribution in [1.82, 2.24) is 4.72 Å². The zero-order valence-electron chi connectivity index (χ0n) is 11.1. The monoisotopic (exact) mass is 343 g/mol. The Kier molecular flexibility index (Phi) is 4.21. The lowest BCUT2D eigenvalue weighted by molar-refractivity contribution is 0.223. The summed E-state index contributed by atoms with van der Waals surface area (Å²) in [6, 6.07) is 10.9. The summed E-state index contributed by atoms with van der Waals surface area (Å²) in [4.78, 5) is 0. The molecule has 1 aromatic carbocycles. The van der Waals surface area contributed by atoms with Gasteiger partial charge in [0, 0.05) is 12.5 Å². The number of thiophene rings is 1. The average Bonchev–Trinajstić information content (AvgIpc) is 2.92. The second-order valence-corrected chi connectivity index (χ2v) is 8.61. The number of fused-ring (bicyclic) bond motifs is 1. The van der Waals surface area contributed by atoms with Gasteiger partial charge < -0.3 is 4.74 Å². The Hall–Kier alpha value is -1.08. The number of para-hydroxylation sites is 1. The smallest absolute Gasteiger partial charge is 0.250 e. The minimum Gasteiger partial charge on any atom is -0.493 e. The minimum atomic E-state index is -3.49. The van der Waals surface area contributed by atoms with Crippen LogP contribution in [0.4, 0.5) is 0 Å². The summed E-state index contributed by atoms with van der Waals surface area (Å²) in [5.41, 5.74) is 1.12. The molecule has 7 heteroatoms. The van der Waals surface area contributed by atoms with Crippen molar-refractivity contribution in [2.24, 2.45) is 5.92 Å². The van der Waals surface area contributed by atoms with E-state index >= 15 is 0 Å². The van der Waals surface area contributed by atoms with Crippen LogP contribution >= 0.6 is 22.9 Å². The predicted molar refractivity (Wildman–Crippen MR) is 83.6 cm³/mol. The van der Waals surface area contributed by atoms with E-state index in [2.05, 4.69) is 4.72 Å². The quantitative estimate of drug-likeness (QED) is 0.928. The molecule has 1 aromatic heterocycles. The van der Waals surface area contributed by atoms with Crippen molar-refractivity contribution in [3.63, 3.8) is 0 Å². The Morgan fingerprint density at radius 2 is 2.10 bits per heavy atom. The number of nitrogens with one attached hydrogen (secondary N) is 1. The maximum absolute atomic E-state index is 12.1. The molecule has 0 saturated carbocycles. The number of halogens is 1. The normalized spacial score (nSPS) is 18.0. The highest BCUT2D eigenvalue weighted by Crippen LogP contribution is 2.28. The van der Waals surface area contributed by atoms with Crippen LogP contribution in [0.25, 0.3) is 0 Å². The molecule has 1 N–H and O–H groups in total. The van der Waals surface area contributed by atoms with Crippen LogP contribution < -0.4 is 9.46 Å². The topological polar surface area (TPSA) is 55.4 Å². The summed E-state index contributed by atoms with van der Waals surface area (Å²) in [5.74, 6) is 1.02. The van der Waals surface area contributed by atoms with Gasteiger partial charge in [-0.1, -0.05) is 29.8 Å². The van der Waals surface area contributed by atoms with Crippen molar-refractivity contribution in [3.8, 4) is 5.75 Å². The maximum Gasteiger partial charge on any atom is 0.250 e. The molecule has 4 nitrogen and oxygen atoms in total. The van der Waals surface area contributed by atoms with Crippen LogP contribution in [0.3, 0.4) is 0 Å². The molecule has 3 rings (SSSR count). The molecular weight excluding hydrogens is 330 g/mol. The van der Waals surface area contributed by atoms with Crippen LogP contribution in [0.15, 0.2) is 40.6 Å². The van der Waals surface area contributed by atoms with Gasteiger partial charge in [-0.2, -0.15) is 0 Å². The van der Waals surface area contributed by atoms with E-state index in [9.17, 15) is 8.42 Å². The molecule has 0 spiro atoms. The number of hydrogen-bond acceptors (Lipinski definition) is 4. The average molecular weight is 344 g/mol. The maximum atomic E-state index is 12.1. The van der Waals surface area contributed by atoms with E-state index in [1.807, 2.05) is 24.3 Å². The molecule has 1 aliphatic heterocycles. The lowest BCUT2D eigenvalue weighted by Gasteiger charge is -2.25. The summed E-state index contributed by atoms with van der Waals surface area (Å²) in [6.07, 6.45) is 0.809. The van der Waals surface area contributed by atoms with Gasteiger partial charge in [-0.05, 0) is 30.2 Å². The van der Waals surface area contributed by atoms with E-state index in [-0.39, 0.29) is 10.1 Å². The molecule has 112 valence electrons. The van der Waals surface area contributed by atoms with Gasteiger partial charge in [0.2, 0.25) is 10.0 Å². The second kappa shape index (κ2) is 5.96. The largest absolute Gasteiger partial charge is 0.493 e. The van der Waals surface area contributed by atoms with Gasteiger partial charge in [-0.3, -0.25) is 0 Å². The van der Waals surface area contributed by atoms with Crippen LogP contribution in [0.2, 0.25) is 4.34 Å². The highest BCUT2D eigenvalue weighted by atomic mass is 35.5. The molecule has 1 aliphatic rings. The van der Waals surface area contributed by atoms with E-state index in [1.165, 1.54) is 6.07 Å². The standard InChI is InChI=1S/C14H14ClNO3S2/c15-13-5-6-14(20-13)21(17,18)16-8-10-7-11-3-1-2-4-12(11)19-9-10/h1-6,10,16H,7-9H2.